The molecule has 1 atom stereocenters. The van der Waals surface area contributed by atoms with E-state index in [4.69, 9.17) is 0 Å². The van der Waals surface area contributed by atoms with E-state index in [0.29, 0.717) is 6.04 Å². The Bertz CT molecular complexity index is 121. The van der Waals surface area contributed by atoms with Gasteiger partial charge in [0, 0.05) is 31.5 Å². The largest absolute Gasteiger partial charge is 0.390 e. The van der Waals surface area contributed by atoms with E-state index in [2.05, 4.69) is 44.1 Å². The zero-order chi connectivity index (χ0) is 9.40. The molecule has 2 nitrogen and oxygen atoms in total. The van der Waals surface area contributed by atoms with Crippen LogP contribution in [0, 0.1) is 0 Å². The fourth-order valence-corrected chi connectivity index (χ4v) is 1.06. The molecule has 0 rings (SSSR count). The van der Waals surface area contributed by atoms with Gasteiger partial charge in [-0.2, -0.15) is 0 Å². The van der Waals surface area contributed by atoms with Crippen LogP contribution in [-0.4, -0.2) is 24.0 Å². The minimum absolute atomic E-state index is 0.643. The average Bonchev–Trinajstić information content (AvgIpc) is 2.11. The van der Waals surface area contributed by atoms with Crippen molar-refractivity contribution in [2.45, 2.75) is 40.2 Å². The molecule has 1 N–H and O–H groups in total. The van der Waals surface area contributed by atoms with Gasteiger partial charge in [0.05, 0.1) is 0 Å². The molecule has 0 aliphatic heterocycles. The molecule has 0 bridgehead atoms. The van der Waals surface area contributed by atoms with Crippen LogP contribution in [0.15, 0.2) is 12.4 Å². The second-order valence-corrected chi connectivity index (χ2v) is 2.96. The third kappa shape index (κ3) is 4.27. The second-order valence-electron chi connectivity index (χ2n) is 2.96. The van der Waals surface area contributed by atoms with Gasteiger partial charge in [0.15, 0.2) is 0 Å². The van der Waals surface area contributed by atoms with E-state index in [1.54, 1.807) is 0 Å². The molecule has 0 amide bonds. The van der Waals surface area contributed by atoms with Crippen molar-refractivity contribution < 1.29 is 0 Å². The summed E-state index contributed by atoms with van der Waals surface area (Å²) in [6, 6.07) is 0.643. The van der Waals surface area contributed by atoms with Crippen LogP contribution in [0.1, 0.15) is 34.1 Å². The van der Waals surface area contributed by atoms with Crippen molar-refractivity contribution in [3.05, 3.63) is 12.4 Å². The predicted molar refractivity (Wildman–Crippen MR) is 54.9 cm³/mol. The van der Waals surface area contributed by atoms with Crippen molar-refractivity contribution in [2.24, 2.45) is 0 Å². The molecule has 0 aromatic carbocycles. The van der Waals surface area contributed by atoms with Crippen molar-refractivity contribution in [1.29, 1.82) is 0 Å². The first-order chi connectivity index (χ1) is 5.76. The van der Waals surface area contributed by atoms with Crippen molar-refractivity contribution >= 4 is 0 Å². The monoisotopic (exact) mass is 170 g/mol. The SMILES string of the molecule is CCN/C=C\N(CC)C(C)CC. The standard InChI is InChI=1S/C10H22N2/c1-5-10(4)12(7-3)9-8-11-6-2/h8-11H,5-7H2,1-4H3/b9-8-. The molecule has 12 heavy (non-hydrogen) atoms. The molecular weight excluding hydrogens is 148 g/mol. The topological polar surface area (TPSA) is 15.3 Å². The Balaban J connectivity index is 3.81. The average molecular weight is 170 g/mol. The molecule has 72 valence electrons. The van der Waals surface area contributed by atoms with Gasteiger partial charge in [-0.3, -0.25) is 0 Å². The molecule has 0 aliphatic carbocycles. The van der Waals surface area contributed by atoms with Gasteiger partial charge in [-0.25, -0.2) is 0 Å². The molecule has 0 aliphatic rings. The lowest BCUT2D eigenvalue weighted by Gasteiger charge is -2.25. The van der Waals surface area contributed by atoms with Crippen molar-refractivity contribution in [3.63, 3.8) is 0 Å². The highest BCUT2D eigenvalue weighted by atomic mass is 15.1. The fourth-order valence-electron chi connectivity index (χ4n) is 1.06. The summed E-state index contributed by atoms with van der Waals surface area (Å²) in [6.07, 6.45) is 5.36. The van der Waals surface area contributed by atoms with E-state index in [0.717, 1.165) is 13.1 Å². The summed E-state index contributed by atoms with van der Waals surface area (Å²) in [6.45, 7) is 10.8. The summed E-state index contributed by atoms with van der Waals surface area (Å²) >= 11 is 0. The van der Waals surface area contributed by atoms with Crippen LogP contribution >= 0.6 is 0 Å². The van der Waals surface area contributed by atoms with Crippen LogP contribution in [0.25, 0.3) is 0 Å². The molecule has 0 saturated carbocycles. The van der Waals surface area contributed by atoms with Crippen LogP contribution in [-0.2, 0) is 0 Å². The lowest BCUT2D eigenvalue weighted by molar-refractivity contribution is 0.299. The van der Waals surface area contributed by atoms with Gasteiger partial charge >= 0.3 is 0 Å². The Morgan fingerprint density at radius 3 is 2.42 bits per heavy atom. The van der Waals surface area contributed by atoms with E-state index in [-0.39, 0.29) is 0 Å². The number of nitrogens with one attached hydrogen (secondary N) is 1. The Kier molecular flexibility index (Phi) is 6.63. The third-order valence-corrected chi connectivity index (χ3v) is 2.11. The van der Waals surface area contributed by atoms with Gasteiger partial charge in [-0.1, -0.05) is 6.92 Å². The maximum Gasteiger partial charge on any atom is 0.0253 e. The van der Waals surface area contributed by atoms with Crippen LogP contribution in [0.3, 0.4) is 0 Å². The lowest BCUT2D eigenvalue weighted by atomic mass is 10.2. The van der Waals surface area contributed by atoms with Gasteiger partial charge in [0.2, 0.25) is 0 Å². The predicted octanol–water partition coefficient (Wildman–Crippen LogP) is 2.19. The number of nitrogens with zero attached hydrogens (tertiary/aromatic N) is 1. The van der Waals surface area contributed by atoms with E-state index >= 15 is 0 Å². The molecule has 0 radical (unpaired) electrons. The molecule has 0 spiro atoms. The summed E-state index contributed by atoms with van der Waals surface area (Å²) in [5.41, 5.74) is 0. The highest BCUT2D eigenvalue weighted by Crippen LogP contribution is 2.02. The first-order valence-corrected chi connectivity index (χ1v) is 4.92. The van der Waals surface area contributed by atoms with Crippen LogP contribution in [0.4, 0.5) is 0 Å². The fraction of sp³-hybridized carbons (Fsp3) is 0.800. The van der Waals surface area contributed by atoms with Gasteiger partial charge in [0.1, 0.15) is 0 Å². The smallest absolute Gasteiger partial charge is 0.0253 e. The minimum Gasteiger partial charge on any atom is -0.390 e. The number of rotatable bonds is 6. The van der Waals surface area contributed by atoms with E-state index in [9.17, 15) is 0 Å². The second kappa shape index (κ2) is 7.01. The molecule has 0 fully saturated rings. The van der Waals surface area contributed by atoms with E-state index < -0.39 is 0 Å². The third-order valence-electron chi connectivity index (χ3n) is 2.11. The molecular formula is C10H22N2. The van der Waals surface area contributed by atoms with Crippen molar-refractivity contribution in [3.8, 4) is 0 Å². The maximum absolute atomic E-state index is 3.17. The van der Waals surface area contributed by atoms with E-state index in [1.165, 1.54) is 6.42 Å². The Morgan fingerprint density at radius 1 is 1.33 bits per heavy atom. The minimum atomic E-state index is 0.643. The highest BCUT2D eigenvalue weighted by Gasteiger charge is 2.03. The molecule has 0 aromatic rings. The molecule has 0 aromatic heterocycles. The normalized spacial score (nSPS) is 13.3. The molecule has 2 heteroatoms. The summed E-state index contributed by atoms with van der Waals surface area (Å²) in [4.78, 5) is 2.34. The van der Waals surface area contributed by atoms with Gasteiger partial charge in [-0.05, 0) is 27.2 Å². The zero-order valence-electron chi connectivity index (χ0n) is 8.80. The summed E-state index contributed by atoms with van der Waals surface area (Å²) in [7, 11) is 0. The molecule has 0 heterocycles. The summed E-state index contributed by atoms with van der Waals surface area (Å²) < 4.78 is 0. The van der Waals surface area contributed by atoms with Gasteiger partial charge < -0.3 is 10.2 Å². The Labute approximate surface area is 76.6 Å². The quantitative estimate of drug-likeness (QED) is 0.657. The van der Waals surface area contributed by atoms with E-state index in [1.807, 2.05) is 6.20 Å². The number of hydrogen-bond acceptors (Lipinski definition) is 2. The molecule has 0 saturated heterocycles. The Hall–Kier alpha value is -0.660. The molecule has 1 unspecified atom stereocenters. The first-order valence-electron chi connectivity index (χ1n) is 4.92. The first kappa shape index (κ1) is 11.3. The van der Waals surface area contributed by atoms with Crippen LogP contribution in [0.2, 0.25) is 0 Å². The van der Waals surface area contributed by atoms with Gasteiger partial charge in [-0.15, -0.1) is 0 Å². The lowest BCUT2D eigenvalue weighted by Crippen LogP contribution is -2.27. The van der Waals surface area contributed by atoms with Crippen LogP contribution < -0.4 is 5.32 Å². The van der Waals surface area contributed by atoms with Crippen molar-refractivity contribution in [2.75, 3.05) is 13.1 Å². The summed E-state index contributed by atoms with van der Waals surface area (Å²) in [5.74, 6) is 0. The number of hydrogen-bond donors (Lipinski definition) is 1. The Morgan fingerprint density at radius 2 is 2.00 bits per heavy atom. The van der Waals surface area contributed by atoms with Crippen molar-refractivity contribution in [1.82, 2.24) is 10.2 Å². The maximum atomic E-state index is 3.17. The highest BCUT2D eigenvalue weighted by molar-refractivity contribution is 4.82. The van der Waals surface area contributed by atoms with Crippen LogP contribution in [0.5, 0.6) is 0 Å². The van der Waals surface area contributed by atoms with Gasteiger partial charge in [0.25, 0.3) is 0 Å². The zero-order valence-corrected chi connectivity index (χ0v) is 8.80. The summed E-state index contributed by atoms with van der Waals surface area (Å²) in [5, 5.41) is 3.17.